The van der Waals surface area contributed by atoms with Gasteiger partial charge >= 0.3 is 0 Å². The van der Waals surface area contributed by atoms with Crippen LogP contribution in [0.4, 0.5) is 5.69 Å². The van der Waals surface area contributed by atoms with Crippen LogP contribution in [0.1, 0.15) is 30.2 Å². The number of nitro benzene ring substituents is 1. The summed E-state index contributed by atoms with van der Waals surface area (Å²) in [6.45, 7) is 3.84. The van der Waals surface area contributed by atoms with Crippen molar-refractivity contribution in [1.82, 2.24) is 9.78 Å². The van der Waals surface area contributed by atoms with Crippen LogP contribution in [-0.4, -0.2) is 21.0 Å². The van der Waals surface area contributed by atoms with Gasteiger partial charge in [0.25, 0.3) is 5.69 Å². The van der Waals surface area contributed by atoms with Crippen molar-refractivity contribution < 1.29 is 9.72 Å². The van der Waals surface area contributed by atoms with E-state index in [1.807, 2.05) is 13.8 Å². The van der Waals surface area contributed by atoms with Crippen LogP contribution in [0.15, 0.2) is 30.5 Å². The Hall–Kier alpha value is -2.50. The minimum atomic E-state index is -0.474. The highest BCUT2D eigenvalue weighted by Crippen LogP contribution is 2.30. The smallest absolute Gasteiger partial charge is 0.278 e. The van der Waals surface area contributed by atoms with Gasteiger partial charge in [-0.3, -0.25) is 19.6 Å². The highest BCUT2D eigenvalue weighted by Gasteiger charge is 2.20. The Balaban J connectivity index is 2.64. The van der Waals surface area contributed by atoms with Crippen LogP contribution < -0.4 is 0 Å². The van der Waals surface area contributed by atoms with E-state index in [0.717, 1.165) is 0 Å². The number of carbonyl (C=O) groups excluding carboxylic acids is 1. The molecule has 0 spiro atoms. The van der Waals surface area contributed by atoms with E-state index in [1.54, 1.807) is 29.1 Å². The fourth-order valence-electron chi connectivity index (χ4n) is 1.80. The molecule has 0 N–H and O–H groups in total. The summed E-state index contributed by atoms with van der Waals surface area (Å²) in [5.74, 6) is 0. The van der Waals surface area contributed by atoms with Gasteiger partial charge in [0.2, 0.25) is 0 Å². The van der Waals surface area contributed by atoms with Crippen molar-refractivity contribution in [2.24, 2.45) is 0 Å². The number of hydrogen-bond donors (Lipinski definition) is 0. The summed E-state index contributed by atoms with van der Waals surface area (Å²) in [5.41, 5.74) is 0.993. The highest BCUT2D eigenvalue weighted by atomic mass is 16.6. The quantitative estimate of drug-likeness (QED) is 0.480. The molecule has 1 aromatic heterocycles. The Kier molecular flexibility index (Phi) is 3.41. The molecule has 0 unspecified atom stereocenters. The molecule has 19 heavy (non-hydrogen) atoms. The van der Waals surface area contributed by atoms with Gasteiger partial charge in [-0.15, -0.1) is 0 Å². The lowest BCUT2D eigenvalue weighted by Crippen LogP contribution is -2.01. The van der Waals surface area contributed by atoms with Crippen molar-refractivity contribution in [3.05, 3.63) is 46.1 Å². The van der Waals surface area contributed by atoms with Crippen molar-refractivity contribution in [1.29, 1.82) is 0 Å². The van der Waals surface area contributed by atoms with Crippen LogP contribution in [-0.2, 0) is 0 Å². The predicted molar refractivity (Wildman–Crippen MR) is 70.1 cm³/mol. The normalized spacial score (nSPS) is 10.7. The lowest BCUT2D eigenvalue weighted by Gasteiger charge is -2.03. The number of benzene rings is 1. The summed E-state index contributed by atoms with van der Waals surface area (Å²) in [5, 5.41) is 15.3. The maximum atomic E-state index is 11.1. The number of para-hydroxylation sites is 1. The second-order valence-electron chi connectivity index (χ2n) is 4.40. The zero-order chi connectivity index (χ0) is 14.0. The number of hydrogen-bond acceptors (Lipinski definition) is 4. The van der Waals surface area contributed by atoms with Gasteiger partial charge in [-0.05, 0) is 19.9 Å². The summed E-state index contributed by atoms with van der Waals surface area (Å²) >= 11 is 0. The molecule has 0 saturated heterocycles. The molecule has 0 aliphatic rings. The second kappa shape index (κ2) is 5.01. The van der Waals surface area contributed by atoms with Crippen LogP contribution >= 0.6 is 0 Å². The number of carbonyl (C=O) groups is 1. The molecule has 0 bridgehead atoms. The predicted octanol–water partition coefficient (Wildman–Crippen LogP) is 2.85. The third kappa shape index (κ3) is 2.37. The van der Waals surface area contributed by atoms with Crippen LogP contribution in [0.3, 0.4) is 0 Å². The minimum Gasteiger partial charge on any atom is -0.298 e. The number of aromatic nitrogens is 2. The number of nitrogens with zero attached hydrogens (tertiary/aromatic N) is 3. The molecule has 6 nitrogen and oxygen atoms in total. The average Bonchev–Trinajstić information content (AvgIpc) is 2.82. The molecule has 0 aliphatic carbocycles. The zero-order valence-electron chi connectivity index (χ0n) is 10.6. The Bertz CT molecular complexity index is 632. The number of rotatable bonds is 4. The fourth-order valence-corrected chi connectivity index (χ4v) is 1.80. The molecule has 0 radical (unpaired) electrons. The van der Waals surface area contributed by atoms with Crippen molar-refractivity contribution in [2.75, 3.05) is 0 Å². The van der Waals surface area contributed by atoms with E-state index in [1.165, 1.54) is 6.07 Å². The van der Waals surface area contributed by atoms with Crippen molar-refractivity contribution in [2.45, 2.75) is 19.9 Å². The van der Waals surface area contributed by atoms with Crippen molar-refractivity contribution >= 4 is 12.0 Å². The molecule has 1 heterocycles. The first-order chi connectivity index (χ1) is 9.04. The zero-order valence-corrected chi connectivity index (χ0v) is 10.6. The van der Waals surface area contributed by atoms with Crippen molar-refractivity contribution in [3.63, 3.8) is 0 Å². The SMILES string of the molecule is CC(C)n1cc(C=O)c(-c2ccccc2[N+](=O)[O-])n1. The minimum absolute atomic E-state index is 0.0559. The lowest BCUT2D eigenvalue weighted by atomic mass is 10.1. The van der Waals surface area contributed by atoms with Crippen LogP contribution in [0, 0.1) is 10.1 Å². The highest BCUT2D eigenvalue weighted by molar-refractivity contribution is 5.88. The summed E-state index contributed by atoms with van der Waals surface area (Å²) in [4.78, 5) is 21.6. The van der Waals surface area contributed by atoms with E-state index in [0.29, 0.717) is 23.1 Å². The number of nitro groups is 1. The van der Waals surface area contributed by atoms with Crippen molar-refractivity contribution in [3.8, 4) is 11.3 Å². The van der Waals surface area contributed by atoms with Gasteiger partial charge in [0, 0.05) is 18.3 Å². The first kappa shape index (κ1) is 12.9. The Labute approximate surface area is 109 Å². The second-order valence-corrected chi connectivity index (χ2v) is 4.40. The molecule has 0 aliphatic heterocycles. The van der Waals surface area contributed by atoms with Gasteiger partial charge in [0.05, 0.1) is 16.1 Å². The summed E-state index contributed by atoms with van der Waals surface area (Å²) in [6.07, 6.45) is 2.27. The Morgan fingerprint density at radius 2 is 2.05 bits per heavy atom. The summed E-state index contributed by atoms with van der Waals surface area (Å²) in [7, 11) is 0. The van der Waals surface area contributed by atoms with E-state index >= 15 is 0 Å². The Morgan fingerprint density at radius 1 is 1.37 bits per heavy atom. The van der Waals surface area contributed by atoms with Crippen LogP contribution in [0.2, 0.25) is 0 Å². The molecule has 6 heteroatoms. The third-order valence-corrected chi connectivity index (χ3v) is 2.77. The molecular formula is C13H13N3O3. The molecule has 2 aromatic rings. The van der Waals surface area contributed by atoms with Gasteiger partial charge in [0.1, 0.15) is 5.69 Å². The van der Waals surface area contributed by atoms with Gasteiger partial charge in [-0.2, -0.15) is 5.10 Å². The number of aldehydes is 1. The van der Waals surface area contributed by atoms with E-state index in [4.69, 9.17) is 0 Å². The molecule has 0 fully saturated rings. The maximum absolute atomic E-state index is 11.1. The third-order valence-electron chi connectivity index (χ3n) is 2.77. The summed E-state index contributed by atoms with van der Waals surface area (Å²) < 4.78 is 1.62. The molecular weight excluding hydrogens is 246 g/mol. The Morgan fingerprint density at radius 3 is 2.63 bits per heavy atom. The molecule has 0 amide bonds. The van der Waals surface area contributed by atoms with Crippen LogP contribution in [0.25, 0.3) is 11.3 Å². The standard InChI is InChI=1S/C13H13N3O3/c1-9(2)15-7-10(8-17)13(14-15)11-5-3-4-6-12(11)16(18)19/h3-9H,1-2H3. The largest absolute Gasteiger partial charge is 0.298 e. The van der Waals surface area contributed by atoms with Gasteiger partial charge in [-0.25, -0.2) is 0 Å². The average molecular weight is 259 g/mol. The molecule has 0 atom stereocenters. The van der Waals surface area contributed by atoms with E-state index < -0.39 is 4.92 Å². The van der Waals surface area contributed by atoms with Crippen LogP contribution in [0.5, 0.6) is 0 Å². The molecule has 98 valence electrons. The van der Waals surface area contributed by atoms with Gasteiger partial charge in [0.15, 0.2) is 6.29 Å². The first-order valence-corrected chi connectivity index (χ1v) is 5.82. The van der Waals surface area contributed by atoms with E-state index in [9.17, 15) is 14.9 Å². The maximum Gasteiger partial charge on any atom is 0.278 e. The topological polar surface area (TPSA) is 78.0 Å². The van der Waals surface area contributed by atoms with Gasteiger partial charge in [-0.1, -0.05) is 12.1 Å². The van der Waals surface area contributed by atoms with E-state index in [2.05, 4.69) is 5.10 Å². The molecule has 1 aromatic carbocycles. The molecule has 0 saturated carbocycles. The first-order valence-electron chi connectivity index (χ1n) is 5.82. The lowest BCUT2D eigenvalue weighted by molar-refractivity contribution is -0.384. The van der Waals surface area contributed by atoms with E-state index in [-0.39, 0.29) is 11.7 Å². The fraction of sp³-hybridized carbons (Fsp3) is 0.231. The summed E-state index contributed by atoms with van der Waals surface area (Å²) in [6, 6.07) is 6.35. The monoisotopic (exact) mass is 259 g/mol. The molecule has 2 rings (SSSR count). The van der Waals surface area contributed by atoms with Gasteiger partial charge < -0.3 is 0 Å².